The van der Waals surface area contributed by atoms with Crippen molar-refractivity contribution in [2.45, 2.75) is 19.4 Å². The molecule has 0 aliphatic heterocycles. The van der Waals surface area contributed by atoms with E-state index in [1.165, 1.54) is 0 Å². The van der Waals surface area contributed by atoms with E-state index in [-0.39, 0.29) is 13.0 Å². The van der Waals surface area contributed by atoms with Crippen molar-refractivity contribution >= 4 is 23.0 Å². The molecule has 0 saturated heterocycles. The van der Waals surface area contributed by atoms with Crippen molar-refractivity contribution in [2.24, 2.45) is 0 Å². The van der Waals surface area contributed by atoms with Gasteiger partial charge in [0.1, 0.15) is 6.61 Å². The van der Waals surface area contributed by atoms with Crippen molar-refractivity contribution in [3.63, 3.8) is 0 Å². The molecule has 0 atom stereocenters. The molecule has 26 heavy (non-hydrogen) atoms. The summed E-state index contributed by atoms with van der Waals surface area (Å²) in [5.74, 6) is -0.857. The number of H-pyrrole nitrogens is 1. The number of nitrogens with one attached hydrogen (secondary N) is 2. The van der Waals surface area contributed by atoms with Crippen molar-refractivity contribution < 1.29 is 19.4 Å². The number of carboxylic acids is 1. The molecule has 1 heterocycles. The van der Waals surface area contributed by atoms with Crippen LogP contribution in [0.2, 0.25) is 0 Å². The molecular formula is C20H20N2O4. The van der Waals surface area contributed by atoms with Crippen molar-refractivity contribution in [3.8, 4) is 0 Å². The number of carbonyl (C=O) groups is 2. The zero-order valence-corrected chi connectivity index (χ0v) is 14.2. The molecule has 1 aromatic heterocycles. The van der Waals surface area contributed by atoms with Crippen molar-refractivity contribution in [1.29, 1.82) is 0 Å². The van der Waals surface area contributed by atoms with Gasteiger partial charge in [0.2, 0.25) is 0 Å². The van der Waals surface area contributed by atoms with Crippen molar-refractivity contribution in [2.75, 3.05) is 6.54 Å². The molecular weight excluding hydrogens is 332 g/mol. The highest BCUT2D eigenvalue weighted by Gasteiger charge is 2.08. The molecule has 0 bridgehead atoms. The monoisotopic (exact) mass is 352 g/mol. The average Bonchev–Trinajstić information content (AvgIpc) is 3.03. The Bertz CT molecular complexity index is 903. The molecule has 0 unspecified atom stereocenters. The molecule has 0 spiro atoms. The Kier molecular flexibility index (Phi) is 5.53. The number of alkyl carbamates (subject to hydrolysis) is 1. The molecule has 0 fully saturated rings. The molecule has 0 saturated carbocycles. The first-order chi connectivity index (χ1) is 12.6. The average molecular weight is 352 g/mol. The lowest BCUT2D eigenvalue weighted by Crippen LogP contribution is -2.26. The molecule has 3 N–H and O–H groups in total. The number of carbonyl (C=O) groups excluding carboxylic acids is 1. The lowest BCUT2D eigenvalue weighted by molar-refractivity contribution is -0.136. The number of hydrogen-bond acceptors (Lipinski definition) is 3. The quantitative estimate of drug-likeness (QED) is 0.609. The molecule has 3 aromatic rings. The summed E-state index contributed by atoms with van der Waals surface area (Å²) < 4.78 is 5.17. The summed E-state index contributed by atoms with van der Waals surface area (Å²) in [6.07, 6.45) is 2.04. The van der Waals surface area contributed by atoms with Crippen LogP contribution in [-0.4, -0.2) is 28.7 Å². The number of rotatable bonds is 7. The fraction of sp³-hybridized carbons (Fsp3) is 0.200. The van der Waals surface area contributed by atoms with Gasteiger partial charge in [0.05, 0.1) is 6.42 Å². The van der Waals surface area contributed by atoms with Gasteiger partial charge >= 0.3 is 12.1 Å². The van der Waals surface area contributed by atoms with Gasteiger partial charge in [-0.15, -0.1) is 0 Å². The first-order valence-corrected chi connectivity index (χ1v) is 8.37. The zero-order chi connectivity index (χ0) is 18.4. The van der Waals surface area contributed by atoms with Crippen molar-refractivity contribution in [1.82, 2.24) is 10.3 Å². The first kappa shape index (κ1) is 17.5. The first-order valence-electron chi connectivity index (χ1n) is 8.37. The van der Waals surface area contributed by atoms with Crippen LogP contribution in [0.1, 0.15) is 16.7 Å². The fourth-order valence-corrected chi connectivity index (χ4v) is 2.79. The van der Waals surface area contributed by atoms with E-state index < -0.39 is 12.1 Å². The third-order valence-electron chi connectivity index (χ3n) is 4.06. The standard InChI is InChI=1S/C20H20N2O4/c23-19(24)11-15-6-7-18-17(10-15)16(12-22-18)8-9-21-20(25)26-13-14-4-2-1-3-5-14/h1-7,10,12,22H,8-9,11,13H2,(H,21,25)(H,23,24). The lowest BCUT2D eigenvalue weighted by atomic mass is 10.1. The Morgan fingerprint density at radius 3 is 2.65 bits per heavy atom. The summed E-state index contributed by atoms with van der Waals surface area (Å²) in [6.45, 7) is 0.669. The Labute approximate surface area is 150 Å². The molecule has 0 radical (unpaired) electrons. The number of fused-ring (bicyclic) bond motifs is 1. The van der Waals surface area contributed by atoms with E-state index >= 15 is 0 Å². The molecule has 6 heteroatoms. The lowest BCUT2D eigenvalue weighted by Gasteiger charge is -2.07. The van der Waals surface area contributed by atoms with Gasteiger partial charge in [0.25, 0.3) is 0 Å². The van der Waals surface area contributed by atoms with Crippen LogP contribution >= 0.6 is 0 Å². The smallest absolute Gasteiger partial charge is 0.407 e. The van der Waals surface area contributed by atoms with Crippen LogP contribution in [0, 0.1) is 0 Å². The normalized spacial score (nSPS) is 10.6. The summed E-state index contributed by atoms with van der Waals surface area (Å²) in [7, 11) is 0. The van der Waals surface area contributed by atoms with Gasteiger partial charge < -0.3 is 20.1 Å². The Morgan fingerprint density at radius 1 is 1.08 bits per heavy atom. The number of aromatic nitrogens is 1. The zero-order valence-electron chi connectivity index (χ0n) is 14.2. The fourth-order valence-electron chi connectivity index (χ4n) is 2.79. The van der Waals surface area contributed by atoms with E-state index in [0.717, 1.165) is 27.6 Å². The number of hydrogen-bond donors (Lipinski definition) is 3. The number of benzene rings is 2. The van der Waals surface area contributed by atoms with Gasteiger partial charge in [-0.1, -0.05) is 36.4 Å². The van der Waals surface area contributed by atoms with Crippen LogP contribution in [0.15, 0.2) is 54.7 Å². The van der Waals surface area contributed by atoms with Gasteiger partial charge in [-0.3, -0.25) is 4.79 Å². The maximum Gasteiger partial charge on any atom is 0.407 e. The molecule has 0 aliphatic rings. The topological polar surface area (TPSA) is 91.4 Å². The minimum Gasteiger partial charge on any atom is -0.481 e. The summed E-state index contributed by atoms with van der Waals surface area (Å²) in [5, 5.41) is 12.6. The second-order valence-corrected chi connectivity index (χ2v) is 6.00. The molecule has 6 nitrogen and oxygen atoms in total. The Hall–Kier alpha value is -3.28. The van der Waals surface area contributed by atoms with E-state index in [0.29, 0.717) is 13.0 Å². The summed E-state index contributed by atoms with van der Waals surface area (Å²) >= 11 is 0. The summed E-state index contributed by atoms with van der Waals surface area (Å²) in [5.41, 5.74) is 3.66. The maximum absolute atomic E-state index is 11.8. The van der Waals surface area contributed by atoms with Crippen LogP contribution in [0.5, 0.6) is 0 Å². The molecule has 134 valence electrons. The SMILES string of the molecule is O=C(O)Cc1ccc2[nH]cc(CCNC(=O)OCc3ccccc3)c2c1. The minimum atomic E-state index is -0.857. The van der Waals surface area contributed by atoms with Gasteiger partial charge in [-0.2, -0.15) is 0 Å². The van der Waals surface area contributed by atoms with E-state index in [2.05, 4.69) is 10.3 Å². The summed E-state index contributed by atoms with van der Waals surface area (Å²) in [6, 6.07) is 15.0. The predicted molar refractivity (Wildman–Crippen MR) is 98.0 cm³/mol. The number of ether oxygens (including phenoxy) is 1. The second-order valence-electron chi connectivity index (χ2n) is 6.00. The van der Waals surface area contributed by atoms with Crippen LogP contribution in [-0.2, 0) is 29.0 Å². The van der Waals surface area contributed by atoms with E-state index in [9.17, 15) is 9.59 Å². The van der Waals surface area contributed by atoms with Crippen LogP contribution in [0.25, 0.3) is 10.9 Å². The van der Waals surface area contributed by atoms with E-state index in [1.807, 2.05) is 48.7 Å². The van der Waals surface area contributed by atoms with Crippen LogP contribution < -0.4 is 5.32 Å². The highest BCUT2D eigenvalue weighted by atomic mass is 16.5. The largest absolute Gasteiger partial charge is 0.481 e. The van der Waals surface area contributed by atoms with E-state index in [1.54, 1.807) is 6.07 Å². The van der Waals surface area contributed by atoms with Gasteiger partial charge in [0.15, 0.2) is 0 Å². The van der Waals surface area contributed by atoms with Gasteiger partial charge in [-0.25, -0.2) is 4.79 Å². The molecule has 1 amide bonds. The van der Waals surface area contributed by atoms with E-state index in [4.69, 9.17) is 9.84 Å². The van der Waals surface area contributed by atoms with Crippen LogP contribution in [0.3, 0.4) is 0 Å². The Balaban J connectivity index is 1.52. The molecule has 3 rings (SSSR count). The summed E-state index contributed by atoms with van der Waals surface area (Å²) in [4.78, 5) is 25.8. The molecule has 2 aromatic carbocycles. The van der Waals surface area contributed by atoms with Crippen molar-refractivity contribution in [3.05, 3.63) is 71.4 Å². The van der Waals surface area contributed by atoms with Gasteiger partial charge in [-0.05, 0) is 35.2 Å². The van der Waals surface area contributed by atoms with Gasteiger partial charge in [0, 0.05) is 23.6 Å². The Morgan fingerprint density at radius 2 is 1.88 bits per heavy atom. The number of aromatic amines is 1. The van der Waals surface area contributed by atoms with Crippen LogP contribution in [0.4, 0.5) is 4.79 Å². The third-order valence-corrected chi connectivity index (χ3v) is 4.06. The maximum atomic E-state index is 11.8. The highest BCUT2D eigenvalue weighted by Crippen LogP contribution is 2.20. The number of aliphatic carboxylic acids is 1. The minimum absolute atomic E-state index is 0.00930. The number of carboxylic acid groups (broad SMARTS) is 1. The highest BCUT2D eigenvalue weighted by molar-refractivity contribution is 5.85. The third kappa shape index (κ3) is 4.63. The number of amides is 1. The second kappa shape index (κ2) is 8.20. The molecule has 0 aliphatic carbocycles. The predicted octanol–water partition coefficient (Wildman–Crippen LogP) is 3.26.